The van der Waals surface area contributed by atoms with E-state index in [2.05, 4.69) is 5.32 Å². The molecule has 1 aromatic rings. The van der Waals surface area contributed by atoms with Crippen LogP contribution < -0.4 is 5.32 Å². The van der Waals surface area contributed by atoms with E-state index in [-0.39, 0.29) is 24.2 Å². The smallest absolute Gasteiger partial charge is 0.321 e. The number of urea groups is 1. The summed E-state index contributed by atoms with van der Waals surface area (Å²) in [5.74, 6) is -1.14. The van der Waals surface area contributed by atoms with Gasteiger partial charge in [-0.25, -0.2) is 9.18 Å². The van der Waals surface area contributed by atoms with Crippen LogP contribution in [0.1, 0.15) is 12.0 Å². The Kier molecular flexibility index (Phi) is 3.69. The molecule has 2 rings (SSSR count). The first kappa shape index (κ1) is 13.3. The van der Waals surface area contributed by atoms with E-state index in [9.17, 15) is 14.0 Å². The van der Waals surface area contributed by atoms with Crippen molar-refractivity contribution in [3.63, 3.8) is 0 Å². The van der Waals surface area contributed by atoms with Gasteiger partial charge in [-0.15, -0.1) is 0 Å². The van der Waals surface area contributed by atoms with Gasteiger partial charge >= 0.3 is 12.0 Å². The second-order valence-corrected chi connectivity index (χ2v) is 4.76. The zero-order valence-corrected chi connectivity index (χ0v) is 10.5. The van der Waals surface area contributed by atoms with E-state index in [1.165, 1.54) is 17.0 Å². The number of carboxylic acids is 1. The summed E-state index contributed by atoms with van der Waals surface area (Å²) in [7, 11) is 0. The molecule has 2 N–H and O–H groups in total. The number of rotatable bonds is 3. The van der Waals surface area contributed by atoms with Crippen molar-refractivity contribution in [3.8, 4) is 0 Å². The molecule has 0 aromatic heterocycles. The van der Waals surface area contributed by atoms with Gasteiger partial charge in [0, 0.05) is 24.7 Å². The lowest BCUT2D eigenvalue weighted by Crippen LogP contribution is -2.52. The van der Waals surface area contributed by atoms with E-state index in [4.69, 9.17) is 5.11 Å². The number of hydrogen-bond donors (Lipinski definition) is 2. The van der Waals surface area contributed by atoms with E-state index >= 15 is 0 Å². The van der Waals surface area contributed by atoms with Crippen molar-refractivity contribution >= 4 is 17.7 Å². The maximum atomic E-state index is 13.1. The zero-order chi connectivity index (χ0) is 14.0. The van der Waals surface area contributed by atoms with Crippen LogP contribution in [-0.2, 0) is 4.79 Å². The summed E-state index contributed by atoms with van der Waals surface area (Å²) >= 11 is 0. The highest BCUT2D eigenvalue weighted by Gasteiger charge is 2.32. The summed E-state index contributed by atoms with van der Waals surface area (Å²) in [6, 6.07) is 4.07. The van der Waals surface area contributed by atoms with Gasteiger partial charge in [0.25, 0.3) is 0 Å². The number of aliphatic carboxylic acids is 1. The van der Waals surface area contributed by atoms with Gasteiger partial charge in [-0.05, 0) is 30.7 Å². The first-order valence-electron chi connectivity index (χ1n) is 5.99. The number of nitrogens with one attached hydrogen (secondary N) is 1. The lowest BCUT2D eigenvalue weighted by molar-refractivity contribution is -0.139. The summed E-state index contributed by atoms with van der Waals surface area (Å²) in [5.41, 5.74) is 0.996. The van der Waals surface area contributed by atoms with Crippen LogP contribution in [0.2, 0.25) is 0 Å². The van der Waals surface area contributed by atoms with Crippen LogP contribution in [0.5, 0.6) is 0 Å². The molecule has 0 unspecified atom stereocenters. The molecule has 1 aliphatic rings. The van der Waals surface area contributed by atoms with Gasteiger partial charge in [-0.1, -0.05) is 0 Å². The topological polar surface area (TPSA) is 69.6 Å². The highest BCUT2D eigenvalue weighted by molar-refractivity contribution is 5.90. The molecule has 5 nitrogen and oxygen atoms in total. The maximum Gasteiger partial charge on any atom is 0.321 e. The van der Waals surface area contributed by atoms with Gasteiger partial charge < -0.3 is 15.3 Å². The van der Waals surface area contributed by atoms with Crippen molar-refractivity contribution in [2.45, 2.75) is 13.3 Å². The van der Waals surface area contributed by atoms with Crippen molar-refractivity contribution in [1.82, 2.24) is 4.90 Å². The Morgan fingerprint density at radius 3 is 2.74 bits per heavy atom. The monoisotopic (exact) mass is 266 g/mol. The summed E-state index contributed by atoms with van der Waals surface area (Å²) in [4.78, 5) is 23.8. The van der Waals surface area contributed by atoms with Crippen LogP contribution in [0, 0.1) is 18.7 Å². The van der Waals surface area contributed by atoms with Crippen molar-refractivity contribution in [3.05, 3.63) is 29.6 Å². The highest BCUT2D eigenvalue weighted by atomic mass is 19.1. The number of carbonyl (C=O) groups is 2. The molecule has 1 heterocycles. The second-order valence-electron chi connectivity index (χ2n) is 4.76. The summed E-state index contributed by atoms with van der Waals surface area (Å²) in [6.45, 7) is 2.51. The molecule has 6 heteroatoms. The summed E-state index contributed by atoms with van der Waals surface area (Å²) < 4.78 is 13.1. The number of nitrogens with zero attached hydrogens (tertiary/aromatic N) is 1. The standard InChI is InChI=1S/C13H15FN2O3/c1-8-4-10(2-3-11(8)14)15-13(19)16-6-9(7-16)5-12(17)18/h2-4,9H,5-7H2,1H3,(H,15,19)(H,17,18). The van der Waals surface area contributed by atoms with Crippen LogP contribution in [0.3, 0.4) is 0 Å². The Labute approximate surface area is 110 Å². The predicted octanol–water partition coefficient (Wildman–Crippen LogP) is 2.07. The highest BCUT2D eigenvalue weighted by Crippen LogP contribution is 2.21. The third-order valence-corrected chi connectivity index (χ3v) is 3.12. The maximum absolute atomic E-state index is 13.1. The number of aryl methyl sites for hydroxylation is 1. The Morgan fingerprint density at radius 2 is 2.16 bits per heavy atom. The lowest BCUT2D eigenvalue weighted by Gasteiger charge is -2.38. The molecular weight excluding hydrogens is 251 g/mol. The molecule has 19 heavy (non-hydrogen) atoms. The average molecular weight is 266 g/mol. The van der Waals surface area contributed by atoms with Gasteiger partial charge in [-0.2, -0.15) is 0 Å². The molecule has 1 aromatic carbocycles. The Hall–Kier alpha value is -2.11. The Morgan fingerprint density at radius 1 is 1.47 bits per heavy atom. The number of halogens is 1. The van der Waals surface area contributed by atoms with Crippen molar-refractivity contribution in [2.24, 2.45) is 5.92 Å². The molecule has 0 saturated carbocycles. The third kappa shape index (κ3) is 3.21. The van der Waals surface area contributed by atoms with E-state index in [0.717, 1.165) is 0 Å². The number of likely N-dealkylation sites (tertiary alicyclic amines) is 1. The summed E-state index contributed by atoms with van der Waals surface area (Å²) in [5, 5.41) is 11.3. The van der Waals surface area contributed by atoms with Crippen molar-refractivity contribution in [2.75, 3.05) is 18.4 Å². The number of benzene rings is 1. The Bertz CT molecular complexity index is 513. The molecule has 102 valence electrons. The van der Waals surface area contributed by atoms with Crippen molar-refractivity contribution < 1.29 is 19.1 Å². The Balaban J connectivity index is 1.85. The fraction of sp³-hybridized carbons (Fsp3) is 0.385. The van der Waals surface area contributed by atoms with Crippen LogP contribution in [0.4, 0.5) is 14.9 Å². The van der Waals surface area contributed by atoms with Crippen LogP contribution in [-0.4, -0.2) is 35.1 Å². The molecule has 0 aliphatic carbocycles. The molecule has 0 bridgehead atoms. The van der Waals surface area contributed by atoms with Gasteiger partial charge in [0.15, 0.2) is 0 Å². The van der Waals surface area contributed by atoms with Crippen LogP contribution in [0.15, 0.2) is 18.2 Å². The van der Waals surface area contributed by atoms with E-state index < -0.39 is 5.97 Å². The lowest BCUT2D eigenvalue weighted by atomic mass is 9.97. The molecule has 2 amide bonds. The summed E-state index contributed by atoms with van der Waals surface area (Å²) in [6.07, 6.45) is 0.0828. The number of hydrogen-bond acceptors (Lipinski definition) is 2. The van der Waals surface area contributed by atoms with Gasteiger partial charge in [0.05, 0.1) is 6.42 Å². The van der Waals surface area contributed by atoms with Gasteiger partial charge in [0.1, 0.15) is 5.82 Å². The second kappa shape index (κ2) is 5.26. The molecular formula is C13H15FN2O3. The molecule has 0 spiro atoms. The molecule has 0 radical (unpaired) electrons. The average Bonchev–Trinajstić information content (AvgIpc) is 2.27. The molecule has 0 atom stereocenters. The zero-order valence-electron chi connectivity index (χ0n) is 10.5. The normalized spacial score (nSPS) is 14.9. The SMILES string of the molecule is Cc1cc(NC(=O)N2CC(CC(=O)O)C2)ccc1F. The molecule has 1 fully saturated rings. The minimum Gasteiger partial charge on any atom is -0.481 e. The van der Waals surface area contributed by atoms with Gasteiger partial charge in [-0.3, -0.25) is 4.79 Å². The first-order valence-corrected chi connectivity index (χ1v) is 5.99. The van der Waals surface area contributed by atoms with E-state index in [1.54, 1.807) is 13.0 Å². The first-order chi connectivity index (χ1) is 8.95. The number of anilines is 1. The minimum absolute atomic E-state index is 0.0261. The predicted molar refractivity (Wildman–Crippen MR) is 67.5 cm³/mol. The fourth-order valence-corrected chi connectivity index (χ4v) is 2.04. The molecule has 1 aliphatic heterocycles. The van der Waals surface area contributed by atoms with Crippen molar-refractivity contribution in [1.29, 1.82) is 0 Å². The number of carboxylic acid groups (broad SMARTS) is 1. The van der Waals surface area contributed by atoms with Crippen LogP contribution >= 0.6 is 0 Å². The van der Waals surface area contributed by atoms with Crippen LogP contribution in [0.25, 0.3) is 0 Å². The van der Waals surface area contributed by atoms with E-state index in [1.807, 2.05) is 0 Å². The number of amides is 2. The largest absolute Gasteiger partial charge is 0.481 e. The fourth-order valence-electron chi connectivity index (χ4n) is 2.04. The number of carbonyl (C=O) groups excluding carboxylic acids is 1. The molecule has 1 saturated heterocycles. The third-order valence-electron chi connectivity index (χ3n) is 3.12. The quantitative estimate of drug-likeness (QED) is 0.880. The van der Waals surface area contributed by atoms with Gasteiger partial charge in [0.2, 0.25) is 0 Å². The minimum atomic E-state index is -0.848. The van der Waals surface area contributed by atoms with E-state index in [0.29, 0.717) is 24.3 Å².